The van der Waals surface area contributed by atoms with Crippen molar-refractivity contribution in [2.75, 3.05) is 13.2 Å². The van der Waals surface area contributed by atoms with Gasteiger partial charge in [0.2, 0.25) is 0 Å². The van der Waals surface area contributed by atoms with Crippen LogP contribution in [0.2, 0.25) is 0 Å². The fraction of sp³-hybridized carbons (Fsp3) is 0.393. The smallest absolute Gasteiger partial charge is 0.343 e. The Balaban J connectivity index is 1.32. The van der Waals surface area contributed by atoms with Crippen molar-refractivity contribution in [3.8, 4) is 34.0 Å². The topological polar surface area (TPSA) is 79.8 Å². The van der Waals surface area contributed by atoms with Gasteiger partial charge in [0.1, 0.15) is 11.5 Å². The monoisotopic (exact) mass is 476 g/mol. The van der Waals surface area contributed by atoms with Crippen molar-refractivity contribution in [1.29, 1.82) is 0 Å². The van der Waals surface area contributed by atoms with Crippen molar-refractivity contribution in [1.82, 2.24) is 9.97 Å². The van der Waals surface area contributed by atoms with E-state index in [2.05, 4.69) is 16.9 Å². The molecule has 7 nitrogen and oxygen atoms in total. The third-order valence-corrected chi connectivity index (χ3v) is 5.71. The first kappa shape index (κ1) is 24.8. The maximum absolute atomic E-state index is 12.3. The van der Waals surface area contributed by atoms with Gasteiger partial charge in [0.05, 0.1) is 13.2 Å². The second kappa shape index (κ2) is 11.4. The van der Waals surface area contributed by atoms with Crippen LogP contribution < -0.4 is 9.47 Å². The van der Waals surface area contributed by atoms with Gasteiger partial charge in [0, 0.05) is 23.5 Å². The summed E-state index contributed by atoms with van der Waals surface area (Å²) in [6, 6.07) is 15.1. The normalized spacial score (nSPS) is 16.7. The zero-order chi connectivity index (χ0) is 24.7. The van der Waals surface area contributed by atoms with Gasteiger partial charge in [-0.1, -0.05) is 38.3 Å². The van der Waals surface area contributed by atoms with E-state index in [1.54, 1.807) is 38.4 Å². The van der Waals surface area contributed by atoms with Gasteiger partial charge >= 0.3 is 5.97 Å². The van der Waals surface area contributed by atoms with Crippen molar-refractivity contribution < 1.29 is 23.7 Å². The van der Waals surface area contributed by atoms with E-state index in [1.807, 2.05) is 36.4 Å². The lowest BCUT2D eigenvalue weighted by Crippen LogP contribution is -2.30. The lowest BCUT2D eigenvalue weighted by atomic mass is 10.1. The average Bonchev–Trinajstić information content (AvgIpc) is 3.25. The van der Waals surface area contributed by atoms with E-state index in [1.165, 1.54) is 19.3 Å². The van der Waals surface area contributed by atoms with Gasteiger partial charge in [0.25, 0.3) is 0 Å². The molecular formula is C28H32N2O5. The Morgan fingerprint density at radius 3 is 2.20 bits per heavy atom. The molecule has 0 aliphatic carbocycles. The number of benzene rings is 2. The number of carbonyl (C=O) groups is 1. The van der Waals surface area contributed by atoms with Crippen molar-refractivity contribution >= 4 is 5.97 Å². The molecule has 0 bridgehead atoms. The summed E-state index contributed by atoms with van der Waals surface area (Å²) in [5.41, 5.74) is 2.78. The zero-order valence-corrected chi connectivity index (χ0v) is 20.5. The molecule has 1 aliphatic heterocycles. The summed E-state index contributed by atoms with van der Waals surface area (Å²) >= 11 is 0. The highest BCUT2D eigenvalue weighted by molar-refractivity contribution is 5.78. The second-order valence-corrected chi connectivity index (χ2v) is 8.99. The van der Waals surface area contributed by atoms with Crippen LogP contribution in [0.4, 0.5) is 0 Å². The molecule has 2 aromatic carbocycles. The van der Waals surface area contributed by atoms with E-state index in [0.717, 1.165) is 35.5 Å². The molecule has 0 saturated carbocycles. The van der Waals surface area contributed by atoms with Gasteiger partial charge < -0.3 is 18.9 Å². The number of nitrogens with zero attached hydrogens (tertiary/aromatic N) is 2. The van der Waals surface area contributed by atoms with Crippen molar-refractivity contribution in [3.05, 3.63) is 60.9 Å². The van der Waals surface area contributed by atoms with Crippen molar-refractivity contribution in [3.63, 3.8) is 0 Å². The molecule has 184 valence electrons. The standard InChI is InChI=1S/C28H32N2O5/c1-4-5-6-7-16-32-23-12-8-20(9-13-23)22-17-29-26(30-18-22)21-10-14-24(15-11-21)34-27(31)25-19-33-28(2,3)35-25/h8-15,17-18,25H,4-7,16,19H2,1-3H3. The Labute approximate surface area is 206 Å². The van der Waals surface area contributed by atoms with E-state index in [9.17, 15) is 4.79 Å². The lowest BCUT2D eigenvalue weighted by Gasteiger charge is -2.16. The Hall–Kier alpha value is -3.29. The van der Waals surface area contributed by atoms with E-state index >= 15 is 0 Å². The number of carbonyl (C=O) groups excluding carboxylic acids is 1. The van der Waals surface area contributed by atoms with Gasteiger partial charge in [-0.2, -0.15) is 0 Å². The number of esters is 1. The largest absolute Gasteiger partial charge is 0.494 e. The predicted octanol–water partition coefficient (Wildman–Crippen LogP) is 5.83. The molecule has 1 fully saturated rings. The molecule has 1 saturated heterocycles. The maximum atomic E-state index is 12.3. The summed E-state index contributed by atoms with van der Waals surface area (Å²) in [5, 5.41) is 0. The van der Waals surface area contributed by atoms with Gasteiger partial charge in [0.15, 0.2) is 17.7 Å². The van der Waals surface area contributed by atoms with Crippen LogP contribution in [0.25, 0.3) is 22.5 Å². The lowest BCUT2D eigenvalue weighted by molar-refractivity contribution is -0.162. The summed E-state index contributed by atoms with van der Waals surface area (Å²) in [7, 11) is 0. The first-order valence-corrected chi connectivity index (χ1v) is 12.1. The quantitative estimate of drug-likeness (QED) is 0.207. The minimum absolute atomic E-state index is 0.179. The summed E-state index contributed by atoms with van der Waals surface area (Å²) in [6.07, 6.45) is 7.63. The second-order valence-electron chi connectivity index (χ2n) is 8.99. The maximum Gasteiger partial charge on any atom is 0.343 e. The number of unbranched alkanes of at least 4 members (excludes halogenated alkanes) is 3. The van der Waals surface area contributed by atoms with Gasteiger partial charge in [-0.25, -0.2) is 14.8 Å². The molecule has 0 N–H and O–H groups in total. The van der Waals surface area contributed by atoms with Crippen LogP contribution in [-0.2, 0) is 14.3 Å². The molecular weight excluding hydrogens is 444 g/mol. The Kier molecular flexibility index (Phi) is 8.10. The molecule has 0 amide bonds. The molecule has 4 rings (SSSR count). The number of ether oxygens (including phenoxy) is 4. The summed E-state index contributed by atoms with van der Waals surface area (Å²) in [5.74, 6) is 0.640. The minimum atomic E-state index is -0.777. The number of aromatic nitrogens is 2. The summed E-state index contributed by atoms with van der Waals surface area (Å²) in [6.45, 7) is 6.66. The molecule has 1 aliphatic rings. The molecule has 7 heteroatoms. The third-order valence-electron chi connectivity index (χ3n) is 5.71. The fourth-order valence-electron chi connectivity index (χ4n) is 3.75. The van der Waals surface area contributed by atoms with E-state index in [4.69, 9.17) is 18.9 Å². The molecule has 0 radical (unpaired) electrons. The first-order valence-electron chi connectivity index (χ1n) is 12.1. The average molecular weight is 477 g/mol. The van der Waals surface area contributed by atoms with Gasteiger partial charge in [-0.3, -0.25) is 0 Å². The van der Waals surface area contributed by atoms with Crippen LogP contribution in [0.5, 0.6) is 11.5 Å². The number of rotatable bonds is 10. The molecule has 3 aromatic rings. The third kappa shape index (κ3) is 6.87. The van der Waals surface area contributed by atoms with Crippen LogP contribution in [0, 0.1) is 0 Å². The minimum Gasteiger partial charge on any atom is -0.494 e. The Morgan fingerprint density at radius 2 is 1.57 bits per heavy atom. The molecule has 1 unspecified atom stereocenters. The molecule has 1 atom stereocenters. The molecule has 0 spiro atoms. The zero-order valence-electron chi connectivity index (χ0n) is 20.5. The highest BCUT2D eigenvalue weighted by atomic mass is 16.8. The van der Waals surface area contributed by atoms with Crippen molar-refractivity contribution in [2.24, 2.45) is 0 Å². The van der Waals surface area contributed by atoms with Gasteiger partial charge in [-0.05, 0) is 62.2 Å². The molecule has 2 heterocycles. The molecule has 1 aromatic heterocycles. The van der Waals surface area contributed by atoms with E-state index in [-0.39, 0.29) is 6.61 Å². The Bertz CT molecular complexity index is 1100. The molecule has 35 heavy (non-hydrogen) atoms. The van der Waals surface area contributed by atoms with Gasteiger partial charge in [-0.15, -0.1) is 0 Å². The van der Waals surface area contributed by atoms with Crippen LogP contribution in [0.15, 0.2) is 60.9 Å². The van der Waals surface area contributed by atoms with E-state index in [0.29, 0.717) is 11.6 Å². The number of hydrogen-bond acceptors (Lipinski definition) is 7. The first-order chi connectivity index (χ1) is 16.9. The van der Waals surface area contributed by atoms with E-state index < -0.39 is 17.9 Å². The van der Waals surface area contributed by atoms with Crippen LogP contribution in [0.3, 0.4) is 0 Å². The summed E-state index contributed by atoms with van der Waals surface area (Å²) in [4.78, 5) is 21.3. The highest BCUT2D eigenvalue weighted by Crippen LogP contribution is 2.26. The van der Waals surface area contributed by atoms with Crippen LogP contribution >= 0.6 is 0 Å². The SMILES string of the molecule is CCCCCCOc1ccc(-c2cnc(-c3ccc(OC(=O)C4COC(C)(C)O4)cc3)nc2)cc1. The summed E-state index contributed by atoms with van der Waals surface area (Å²) < 4.78 is 22.2. The highest BCUT2D eigenvalue weighted by Gasteiger charge is 2.38. The predicted molar refractivity (Wildman–Crippen MR) is 133 cm³/mol. The van der Waals surface area contributed by atoms with Crippen LogP contribution in [0.1, 0.15) is 46.5 Å². The van der Waals surface area contributed by atoms with Crippen molar-refractivity contribution in [2.45, 2.75) is 58.3 Å². The Morgan fingerprint density at radius 1 is 0.914 bits per heavy atom. The number of hydrogen-bond donors (Lipinski definition) is 0. The van der Waals surface area contributed by atoms with Crippen LogP contribution in [-0.4, -0.2) is 41.0 Å². The fourth-order valence-corrected chi connectivity index (χ4v) is 3.75.